The lowest BCUT2D eigenvalue weighted by Crippen LogP contribution is -2.46. The van der Waals surface area contributed by atoms with Gasteiger partial charge in [-0.05, 0) is 54.4 Å². The number of amides is 3. The fourth-order valence-corrected chi connectivity index (χ4v) is 6.51. The first-order chi connectivity index (χ1) is 26.8. The number of nitrogens with zero attached hydrogens (tertiary/aromatic N) is 6. The average molecular weight is 782 g/mol. The standard InChI is InChI=1S/C37H33F6N9O4/c38-27-15-21(1-6-25(27)26-7-8-31(53)48-34(26)54)17-50-11-13-51(14-12-50)23-2-4-24(5-3-23)52-18-28(32(49-52)33(39)40)46-35(55)29-19-56-36(47-29)22-9-10-44-30(16-22)45-20-37(41,42)43/h1-6,9-10,15-16,18-19,26,33H,7-8,11-14,17,20H2,(H,44,45)(H,46,55)(H,48,53,54). The number of halogens is 6. The Hall–Kier alpha value is -6.24. The van der Waals surface area contributed by atoms with Crippen molar-refractivity contribution < 1.29 is 45.1 Å². The van der Waals surface area contributed by atoms with Gasteiger partial charge in [0.2, 0.25) is 17.7 Å². The van der Waals surface area contributed by atoms with Gasteiger partial charge in [-0.3, -0.25) is 24.6 Å². The summed E-state index contributed by atoms with van der Waals surface area (Å²) in [6.07, 6.45) is -3.60. The molecule has 2 saturated heterocycles. The Morgan fingerprint density at radius 2 is 1.75 bits per heavy atom. The number of rotatable bonds is 11. The van der Waals surface area contributed by atoms with Crippen molar-refractivity contribution in [3.63, 3.8) is 0 Å². The highest BCUT2D eigenvalue weighted by atomic mass is 19.4. The molecular formula is C37H33F6N9O4. The third-order valence-electron chi connectivity index (χ3n) is 9.35. The zero-order chi connectivity index (χ0) is 39.6. The van der Waals surface area contributed by atoms with Gasteiger partial charge in [-0.2, -0.15) is 18.3 Å². The van der Waals surface area contributed by atoms with Gasteiger partial charge in [0.05, 0.1) is 23.5 Å². The van der Waals surface area contributed by atoms with Crippen LogP contribution >= 0.6 is 0 Å². The molecule has 5 heterocycles. The molecule has 3 N–H and O–H groups in total. The van der Waals surface area contributed by atoms with Gasteiger partial charge in [-0.25, -0.2) is 27.8 Å². The molecule has 0 radical (unpaired) electrons. The molecule has 7 rings (SSSR count). The van der Waals surface area contributed by atoms with Crippen LogP contribution in [0.15, 0.2) is 77.7 Å². The third kappa shape index (κ3) is 8.83. The Morgan fingerprint density at radius 1 is 1.00 bits per heavy atom. The maximum Gasteiger partial charge on any atom is 0.405 e. The number of piperazine rings is 1. The predicted molar refractivity (Wildman–Crippen MR) is 190 cm³/mol. The number of aromatic nitrogens is 4. The summed E-state index contributed by atoms with van der Waals surface area (Å²) in [4.78, 5) is 48.9. The summed E-state index contributed by atoms with van der Waals surface area (Å²) in [5, 5.41) is 10.8. The lowest BCUT2D eigenvalue weighted by atomic mass is 9.89. The molecule has 2 aliphatic rings. The average Bonchev–Trinajstić information content (AvgIpc) is 3.84. The summed E-state index contributed by atoms with van der Waals surface area (Å²) < 4.78 is 87.4. The van der Waals surface area contributed by atoms with Crippen LogP contribution < -0.4 is 20.9 Å². The molecule has 0 aliphatic carbocycles. The predicted octanol–water partition coefficient (Wildman–Crippen LogP) is 6.07. The van der Waals surface area contributed by atoms with Crippen LogP contribution in [0.2, 0.25) is 0 Å². The molecule has 0 spiro atoms. The number of nitrogens with one attached hydrogen (secondary N) is 3. The van der Waals surface area contributed by atoms with Crippen molar-refractivity contribution in [2.24, 2.45) is 0 Å². The number of carbonyl (C=O) groups excluding carboxylic acids is 3. The second-order valence-electron chi connectivity index (χ2n) is 13.2. The van der Waals surface area contributed by atoms with E-state index in [1.807, 2.05) is 12.1 Å². The second kappa shape index (κ2) is 15.9. The summed E-state index contributed by atoms with van der Waals surface area (Å²) in [6.45, 7) is 1.92. The molecule has 1 unspecified atom stereocenters. The van der Waals surface area contributed by atoms with Gasteiger partial charge in [0.25, 0.3) is 12.3 Å². The molecule has 13 nitrogen and oxygen atoms in total. The number of imide groups is 1. The molecule has 56 heavy (non-hydrogen) atoms. The van der Waals surface area contributed by atoms with Crippen molar-refractivity contribution >= 4 is 34.9 Å². The Kier molecular flexibility index (Phi) is 10.8. The number of anilines is 3. The summed E-state index contributed by atoms with van der Waals surface area (Å²) in [7, 11) is 0. The van der Waals surface area contributed by atoms with Crippen molar-refractivity contribution in [2.45, 2.75) is 37.9 Å². The van der Waals surface area contributed by atoms with Crippen LogP contribution in [0.4, 0.5) is 43.5 Å². The van der Waals surface area contributed by atoms with E-state index in [-0.39, 0.29) is 53.0 Å². The smallest absolute Gasteiger partial charge is 0.405 e. The highest BCUT2D eigenvalue weighted by Gasteiger charge is 2.31. The molecule has 19 heteroatoms. The number of piperidine rings is 1. The minimum absolute atomic E-state index is 0.100. The number of oxazole rings is 1. The zero-order valence-corrected chi connectivity index (χ0v) is 29.3. The summed E-state index contributed by atoms with van der Waals surface area (Å²) >= 11 is 0. The highest BCUT2D eigenvalue weighted by molar-refractivity contribution is 6.03. The summed E-state index contributed by atoms with van der Waals surface area (Å²) in [5.74, 6) is -3.09. The molecule has 5 aromatic rings. The lowest BCUT2D eigenvalue weighted by molar-refractivity contribution is -0.134. The fraction of sp³-hybridized carbons (Fsp3) is 0.297. The van der Waals surface area contributed by atoms with E-state index in [1.54, 1.807) is 24.3 Å². The van der Waals surface area contributed by atoms with Gasteiger partial charge in [0.1, 0.15) is 24.4 Å². The lowest BCUT2D eigenvalue weighted by Gasteiger charge is -2.36. The first kappa shape index (κ1) is 38.1. The van der Waals surface area contributed by atoms with Crippen LogP contribution in [-0.4, -0.2) is 81.3 Å². The SMILES string of the molecule is O=C1CCC(c2ccc(CN3CCN(c4ccc(-n5cc(NC(=O)c6coc(-c7ccnc(NCC(F)(F)F)c7)n6)c(C(F)F)n5)cc4)CC3)cc2F)C(=O)N1. The van der Waals surface area contributed by atoms with E-state index < -0.39 is 48.4 Å². The van der Waals surface area contributed by atoms with Crippen LogP contribution in [0.5, 0.6) is 0 Å². The van der Waals surface area contributed by atoms with Gasteiger partial charge < -0.3 is 20.0 Å². The van der Waals surface area contributed by atoms with E-state index in [9.17, 15) is 36.3 Å². The third-order valence-corrected chi connectivity index (χ3v) is 9.35. The Bertz CT molecular complexity index is 2230. The van der Waals surface area contributed by atoms with Crippen molar-refractivity contribution in [1.29, 1.82) is 0 Å². The van der Waals surface area contributed by atoms with Crippen molar-refractivity contribution in [3.8, 4) is 17.1 Å². The normalized spacial score (nSPS) is 16.6. The van der Waals surface area contributed by atoms with Crippen molar-refractivity contribution in [2.75, 3.05) is 48.3 Å². The van der Waals surface area contributed by atoms with Crippen LogP contribution in [-0.2, 0) is 16.1 Å². The van der Waals surface area contributed by atoms with Crippen molar-refractivity contribution in [1.82, 2.24) is 30.0 Å². The first-order valence-corrected chi connectivity index (χ1v) is 17.4. The molecule has 2 aliphatic heterocycles. The summed E-state index contributed by atoms with van der Waals surface area (Å²) in [5.41, 5.74) is 1.40. The molecule has 292 valence electrons. The van der Waals surface area contributed by atoms with Crippen LogP contribution in [0.1, 0.15) is 52.5 Å². The molecule has 0 saturated carbocycles. The van der Waals surface area contributed by atoms with Crippen LogP contribution in [0, 0.1) is 5.82 Å². The molecule has 2 aromatic carbocycles. The van der Waals surface area contributed by atoms with Crippen LogP contribution in [0.25, 0.3) is 17.1 Å². The second-order valence-corrected chi connectivity index (χ2v) is 13.2. The number of hydrogen-bond donors (Lipinski definition) is 3. The molecule has 3 aromatic heterocycles. The van der Waals surface area contributed by atoms with Gasteiger partial charge >= 0.3 is 6.18 Å². The Balaban J connectivity index is 0.949. The van der Waals surface area contributed by atoms with E-state index in [4.69, 9.17) is 4.42 Å². The Labute approximate surface area is 314 Å². The molecule has 1 atom stereocenters. The van der Waals surface area contributed by atoms with E-state index in [0.29, 0.717) is 38.4 Å². The number of pyridine rings is 1. The molecule has 0 bridgehead atoms. The fourth-order valence-electron chi connectivity index (χ4n) is 6.51. The first-order valence-electron chi connectivity index (χ1n) is 17.4. The molecule has 3 amide bonds. The van der Waals surface area contributed by atoms with E-state index >= 15 is 4.39 Å². The molecule has 2 fully saturated rings. The minimum atomic E-state index is -4.47. The van der Waals surface area contributed by atoms with E-state index in [0.717, 1.165) is 17.5 Å². The zero-order valence-electron chi connectivity index (χ0n) is 29.3. The minimum Gasteiger partial charge on any atom is -0.444 e. The van der Waals surface area contributed by atoms with Gasteiger partial charge in [-0.15, -0.1) is 0 Å². The highest BCUT2D eigenvalue weighted by Crippen LogP contribution is 2.30. The summed E-state index contributed by atoms with van der Waals surface area (Å²) in [6, 6.07) is 14.6. The Morgan fingerprint density at radius 3 is 2.45 bits per heavy atom. The largest absolute Gasteiger partial charge is 0.444 e. The van der Waals surface area contributed by atoms with Crippen molar-refractivity contribution in [3.05, 3.63) is 102 Å². The number of alkyl halides is 5. The topological polar surface area (TPSA) is 151 Å². The van der Waals surface area contributed by atoms with Crippen LogP contribution in [0.3, 0.4) is 0 Å². The quantitative estimate of drug-likeness (QED) is 0.107. The molecular weight excluding hydrogens is 748 g/mol. The number of carbonyl (C=O) groups is 3. The number of benzene rings is 2. The monoisotopic (exact) mass is 781 g/mol. The maximum absolute atomic E-state index is 15.0. The van der Waals surface area contributed by atoms with Gasteiger partial charge in [0, 0.05) is 62.2 Å². The van der Waals surface area contributed by atoms with E-state index in [2.05, 4.69) is 40.8 Å². The maximum atomic E-state index is 15.0. The van der Waals surface area contributed by atoms with E-state index in [1.165, 1.54) is 35.3 Å². The van der Waals surface area contributed by atoms with Gasteiger partial charge in [-0.1, -0.05) is 12.1 Å². The van der Waals surface area contributed by atoms with Gasteiger partial charge in [0.15, 0.2) is 11.4 Å². The number of hydrogen-bond acceptors (Lipinski definition) is 10.